The van der Waals surface area contributed by atoms with Crippen molar-refractivity contribution in [2.45, 2.75) is 26.7 Å². The van der Waals surface area contributed by atoms with Gasteiger partial charge in [0.15, 0.2) is 0 Å². The Morgan fingerprint density at radius 2 is 2.08 bits per heavy atom. The molecule has 0 unspecified atom stereocenters. The summed E-state index contributed by atoms with van der Waals surface area (Å²) < 4.78 is 4.35. The first-order valence-corrected chi connectivity index (χ1v) is 8.55. The molecule has 1 amide bonds. The van der Waals surface area contributed by atoms with Gasteiger partial charge in [-0.05, 0) is 36.5 Å². The summed E-state index contributed by atoms with van der Waals surface area (Å²) >= 11 is 1.34. The van der Waals surface area contributed by atoms with Gasteiger partial charge in [-0.1, -0.05) is 25.1 Å². The van der Waals surface area contributed by atoms with Gasteiger partial charge in [0.1, 0.15) is 0 Å². The van der Waals surface area contributed by atoms with E-state index in [0.29, 0.717) is 12.0 Å². The van der Waals surface area contributed by atoms with E-state index in [1.807, 2.05) is 31.2 Å². The van der Waals surface area contributed by atoms with Gasteiger partial charge in [0.05, 0.1) is 17.0 Å². The first-order chi connectivity index (χ1) is 11.7. The zero-order valence-corrected chi connectivity index (χ0v) is 14.4. The second-order valence-corrected chi connectivity index (χ2v) is 6.26. The molecule has 24 heavy (non-hydrogen) atoms. The minimum absolute atomic E-state index is 0.124. The van der Waals surface area contributed by atoms with Crippen molar-refractivity contribution in [1.29, 1.82) is 0 Å². The Hall–Kier alpha value is -2.60. The maximum Gasteiger partial charge on any atom is 0.258 e. The van der Waals surface area contributed by atoms with Gasteiger partial charge in [-0.15, -0.1) is 0 Å². The maximum atomic E-state index is 12.8. The SMILES string of the molecule is CCc1ccccc1NC(=O)c1c(C)nsc1Cc1cnccn1. The first-order valence-electron chi connectivity index (χ1n) is 7.78. The molecule has 0 radical (unpaired) electrons. The van der Waals surface area contributed by atoms with Gasteiger partial charge in [-0.3, -0.25) is 14.8 Å². The third-order valence-corrected chi connectivity index (χ3v) is 4.70. The average Bonchev–Trinajstić information content (AvgIpc) is 2.96. The van der Waals surface area contributed by atoms with Crippen LogP contribution in [0, 0.1) is 6.92 Å². The molecule has 0 aliphatic rings. The number of carbonyl (C=O) groups excluding carboxylic acids is 1. The molecule has 6 heteroatoms. The molecule has 0 fully saturated rings. The molecule has 1 aromatic carbocycles. The van der Waals surface area contributed by atoms with Crippen LogP contribution in [-0.2, 0) is 12.8 Å². The quantitative estimate of drug-likeness (QED) is 0.771. The molecular formula is C18H18N4OS. The lowest BCUT2D eigenvalue weighted by atomic mass is 10.1. The van der Waals surface area contributed by atoms with Crippen molar-refractivity contribution in [2.75, 3.05) is 5.32 Å². The highest BCUT2D eigenvalue weighted by Crippen LogP contribution is 2.24. The number of anilines is 1. The van der Waals surface area contributed by atoms with Crippen molar-refractivity contribution in [3.8, 4) is 0 Å². The molecule has 3 aromatic rings. The number of hydrogen-bond acceptors (Lipinski definition) is 5. The summed E-state index contributed by atoms with van der Waals surface area (Å²) in [7, 11) is 0. The van der Waals surface area contributed by atoms with Crippen LogP contribution in [0.5, 0.6) is 0 Å². The van der Waals surface area contributed by atoms with E-state index in [-0.39, 0.29) is 5.91 Å². The zero-order chi connectivity index (χ0) is 16.9. The van der Waals surface area contributed by atoms with Crippen LogP contribution >= 0.6 is 11.5 Å². The van der Waals surface area contributed by atoms with Gasteiger partial charge >= 0.3 is 0 Å². The van der Waals surface area contributed by atoms with Crippen molar-refractivity contribution in [1.82, 2.24) is 14.3 Å². The van der Waals surface area contributed by atoms with E-state index in [0.717, 1.165) is 33.9 Å². The Morgan fingerprint density at radius 1 is 1.25 bits per heavy atom. The van der Waals surface area contributed by atoms with E-state index in [1.54, 1.807) is 18.6 Å². The van der Waals surface area contributed by atoms with Gasteiger partial charge < -0.3 is 5.32 Å². The summed E-state index contributed by atoms with van der Waals surface area (Å²) in [6.45, 7) is 3.93. The molecule has 3 rings (SSSR count). The topological polar surface area (TPSA) is 67.8 Å². The number of nitrogens with one attached hydrogen (secondary N) is 1. The fraction of sp³-hybridized carbons (Fsp3) is 0.222. The fourth-order valence-electron chi connectivity index (χ4n) is 2.55. The van der Waals surface area contributed by atoms with Crippen molar-refractivity contribution in [2.24, 2.45) is 0 Å². The highest BCUT2D eigenvalue weighted by Gasteiger charge is 2.19. The Labute approximate surface area is 145 Å². The van der Waals surface area contributed by atoms with Crippen LogP contribution in [0.1, 0.15) is 39.1 Å². The molecule has 2 aromatic heterocycles. The van der Waals surface area contributed by atoms with Gasteiger partial charge in [0.25, 0.3) is 5.91 Å². The van der Waals surface area contributed by atoms with Gasteiger partial charge in [0.2, 0.25) is 0 Å². The number of rotatable bonds is 5. The number of hydrogen-bond donors (Lipinski definition) is 1. The number of aryl methyl sites for hydroxylation is 2. The number of amides is 1. The smallest absolute Gasteiger partial charge is 0.258 e. The van der Waals surface area contributed by atoms with Crippen molar-refractivity contribution < 1.29 is 4.79 Å². The van der Waals surface area contributed by atoms with Gasteiger partial charge in [-0.2, -0.15) is 4.37 Å². The lowest BCUT2D eigenvalue weighted by molar-refractivity contribution is 0.102. The molecule has 5 nitrogen and oxygen atoms in total. The second-order valence-electron chi connectivity index (χ2n) is 5.40. The Kier molecular flexibility index (Phi) is 4.96. The van der Waals surface area contributed by atoms with Crippen LogP contribution in [0.25, 0.3) is 0 Å². The van der Waals surface area contributed by atoms with Crippen molar-refractivity contribution in [3.05, 3.63) is 70.2 Å². The van der Waals surface area contributed by atoms with Crippen molar-refractivity contribution >= 4 is 23.1 Å². The summed E-state index contributed by atoms with van der Waals surface area (Å²) in [5.74, 6) is -0.124. The molecule has 0 atom stereocenters. The third kappa shape index (κ3) is 3.49. The van der Waals surface area contributed by atoms with E-state index in [2.05, 4.69) is 26.6 Å². The molecule has 122 valence electrons. The van der Waals surface area contributed by atoms with Crippen LogP contribution in [0.3, 0.4) is 0 Å². The number of aromatic nitrogens is 3. The normalized spacial score (nSPS) is 10.6. The number of benzene rings is 1. The standard InChI is InChI=1S/C18H18N4OS/c1-3-13-6-4-5-7-15(13)21-18(23)17-12(2)22-24-16(17)10-14-11-19-8-9-20-14/h4-9,11H,3,10H2,1-2H3,(H,21,23). The van der Waals surface area contributed by atoms with Crippen LogP contribution in [-0.4, -0.2) is 20.2 Å². The summed E-state index contributed by atoms with van der Waals surface area (Å²) in [4.78, 5) is 22.1. The zero-order valence-electron chi connectivity index (χ0n) is 13.6. The molecule has 2 heterocycles. The summed E-state index contributed by atoms with van der Waals surface area (Å²) in [5, 5.41) is 3.02. The lowest BCUT2D eigenvalue weighted by Crippen LogP contribution is -2.15. The van der Waals surface area contributed by atoms with E-state index in [1.165, 1.54) is 11.5 Å². The minimum Gasteiger partial charge on any atom is -0.322 e. The highest BCUT2D eigenvalue weighted by atomic mass is 32.1. The van der Waals surface area contributed by atoms with Crippen LogP contribution in [0.15, 0.2) is 42.9 Å². The minimum atomic E-state index is -0.124. The fourth-order valence-corrected chi connectivity index (χ4v) is 3.43. The molecule has 0 bridgehead atoms. The summed E-state index contributed by atoms with van der Waals surface area (Å²) in [5.41, 5.74) is 4.16. The molecule has 1 N–H and O–H groups in total. The van der Waals surface area contributed by atoms with Crippen LogP contribution in [0.2, 0.25) is 0 Å². The second kappa shape index (κ2) is 7.31. The largest absolute Gasteiger partial charge is 0.322 e. The average molecular weight is 338 g/mol. The highest BCUT2D eigenvalue weighted by molar-refractivity contribution is 7.06. The molecule has 0 saturated heterocycles. The Balaban J connectivity index is 1.86. The monoisotopic (exact) mass is 338 g/mol. The van der Waals surface area contributed by atoms with Gasteiger partial charge in [0, 0.05) is 35.6 Å². The summed E-state index contributed by atoms with van der Waals surface area (Å²) in [6, 6.07) is 7.85. The molecule has 0 aliphatic carbocycles. The third-order valence-electron chi connectivity index (χ3n) is 3.77. The van der Waals surface area contributed by atoms with E-state index in [4.69, 9.17) is 0 Å². The first kappa shape index (κ1) is 16.3. The molecule has 0 saturated carbocycles. The maximum absolute atomic E-state index is 12.8. The van der Waals surface area contributed by atoms with Gasteiger partial charge in [-0.25, -0.2) is 0 Å². The Bertz CT molecular complexity index is 845. The van der Waals surface area contributed by atoms with Crippen LogP contribution in [0.4, 0.5) is 5.69 Å². The lowest BCUT2D eigenvalue weighted by Gasteiger charge is -2.10. The molecule has 0 spiro atoms. The van der Waals surface area contributed by atoms with E-state index >= 15 is 0 Å². The number of para-hydroxylation sites is 1. The van der Waals surface area contributed by atoms with Crippen molar-refractivity contribution in [3.63, 3.8) is 0 Å². The van der Waals surface area contributed by atoms with Crippen LogP contribution < -0.4 is 5.32 Å². The summed E-state index contributed by atoms with van der Waals surface area (Å²) in [6.07, 6.45) is 6.42. The van der Waals surface area contributed by atoms with E-state index in [9.17, 15) is 4.79 Å². The predicted octanol–water partition coefficient (Wildman–Crippen LogP) is 3.65. The number of carbonyl (C=O) groups is 1. The molecular weight excluding hydrogens is 320 g/mol. The Morgan fingerprint density at radius 3 is 2.83 bits per heavy atom. The number of nitrogens with zero attached hydrogens (tertiary/aromatic N) is 3. The predicted molar refractivity (Wildman–Crippen MR) is 95.5 cm³/mol. The molecule has 0 aliphatic heterocycles. The van der Waals surface area contributed by atoms with E-state index < -0.39 is 0 Å².